The van der Waals surface area contributed by atoms with Crippen LogP contribution in [0, 0.1) is 0 Å². The summed E-state index contributed by atoms with van der Waals surface area (Å²) in [6, 6.07) is 0. The van der Waals surface area contributed by atoms with Gasteiger partial charge in [0.25, 0.3) is 0 Å². The third kappa shape index (κ3) is 8.61. The summed E-state index contributed by atoms with van der Waals surface area (Å²) in [7, 11) is -0.214. The highest BCUT2D eigenvalue weighted by Crippen LogP contribution is 2.36. The topological polar surface area (TPSA) is 47.9 Å². The lowest BCUT2D eigenvalue weighted by Crippen LogP contribution is -2.41. The highest BCUT2D eigenvalue weighted by Gasteiger charge is 2.37. The number of unbranched alkanes of at least 4 members (excludes halogenated alkanes) is 1. The number of aliphatic hydroxyl groups excluding tert-OH is 1. The summed E-state index contributed by atoms with van der Waals surface area (Å²) in [6.45, 7) is 15.9. The SMILES string of the molecule is CCCCC(OCOC)C(C)=C=C(CO)CO[Si](C)(C)C(C)(C)C. The van der Waals surface area contributed by atoms with Gasteiger partial charge in [-0.25, -0.2) is 0 Å². The molecule has 0 aliphatic heterocycles. The van der Waals surface area contributed by atoms with E-state index in [4.69, 9.17) is 13.9 Å². The number of aliphatic hydroxyl groups is 1. The van der Waals surface area contributed by atoms with Crippen LogP contribution >= 0.6 is 0 Å². The zero-order chi connectivity index (χ0) is 18.8. The maximum absolute atomic E-state index is 9.67. The molecule has 0 aromatic carbocycles. The van der Waals surface area contributed by atoms with Crippen molar-refractivity contribution in [1.29, 1.82) is 0 Å². The zero-order valence-electron chi connectivity index (χ0n) is 17.0. The number of hydrogen-bond donors (Lipinski definition) is 1. The predicted octanol–water partition coefficient (Wildman–Crippen LogP) is 4.65. The first-order valence-electron chi connectivity index (χ1n) is 8.89. The largest absolute Gasteiger partial charge is 0.412 e. The van der Waals surface area contributed by atoms with Crippen LogP contribution in [0.2, 0.25) is 18.1 Å². The molecular weight excluding hydrogens is 320 g/mol. The molecule has 0 heterocycles. The maximum Gasteiger partial charge on any atom is 0.192 e. The van der Waals surface area contributed by atoms with E-state index in [1.807, 2.05) is 6.92 Å². The lowest BCUT2D eigenvalue weighted by molar-refractivity contribution is -0.0616. The zero-order valence-corrected chi connectivity index (χ0v) is 18.0. The molecule has 0 rings (SSSR count). The Morgan fingerprint density at radius 2 is 1.88 bits per heavy atom. The van der Waals surface area contributed by atoms with Crippen molar-refractivity contribution in [2.45, 2.75) is 78.1 Å². The van der Waals surface area contributed by atoms with Crippen molar-refractivity contribution in [3.05, 3.63) is 16.9 Å². The van der Waals surface area contributed by atoms with Gasteiger partial charge in [0, 0.05) is 12.7 Å². The molecule has 24 heavy (non-hydrogen) atoms. The second kappa shape index (κ2) is 11.2. The number of rotatable bonds is 11. The van der Waals surface area contributed by atoms with Crippen LogP contribution in [0.1, 0.15) is 53.9 Å². The summed E-state index contributed by atoms with van der Waals surface area (Å²) in [5.41, 5.74) is 5.08. The van der Waals surface area contributed by atoms with Crippen LogP contribution in [0.5, 0.6) is 0 Å². The van der Waals surface area contributed by atoms with Crippen LogP contribution in [0.4, 0.5) is 0 Å². The summed E-state index contributed by atoms with van der Waals surface area (Å²) < 4.78 is 17.0. The summed E-state index contributed by atoms with van der Waals surface area (Å²) in [5.74, 6) is 0. The first-order valence-corrected chi connectivity index (χ1v) is 11.8. The van der Waals surface area contributed by atoms with Crippen molar-refractivity contribution in [3.8, 4) is 0 Å². The molecule has 0 radical (unpaired) electrons. The Balaban J connectivity index is 5.15. The summed E-state index contributed by atoms with van der Waals surface area (Å²) in [5, 5.41) is 9.82. The Hall–Kier alpha value is -0.423. The lowest BCUT2D eigenvalue weighted by Gasteiger charge is -2.36. The summed E-state index contributed by atoms with van der Waals surface area (Å²) in [6.07, 6.45) is 3.10. The Kier molecular flexibility index (Phi) is 11.0. The number of ether oxygens (including phenoxy) is 2. The third-order valence-electron chi connectivity index (χ3n) is 4.67. The normalized spacial score (nSPS) is 13.5. The van der Waals surface area contributed by atoms with E-state index in [2.05, 4.69) is 46.5 Å². The van der Waals surface area contributed by atoms with Gasteiger partial charge >= 0.3 is 0 Å². The highest BCUT2D eigenvalue weighted by molar-refractivity contribution is 6.74. The van der Waals surface area contributed by atoms with E-state index in [1.54, 1.807) is 7.11 Å². The van der Waals surface area contributed by atoms with Gasteiger partial charge in [0.2, 0.25) is 0 Å². The fourth-order valence-corrected chi connectivity index (χ4v) is 2.90. The van der Waals surface area contributed by atoms with Crippen LogP contribution in [0.15, 0.2) is 16.9 Å². The van der Waals surface area contributed by atoms with Crippen molar-refractivity contribution in [3.63, 3.8) is 0 Å². The quantitative estimate of drug-likeness (QED) is 0.332. The molecule has 1 atom stereocenters. The molecule has 0 aliphatic rings. The summed E-state index contributed by atoms with van der Waals surface area (Å²) >= 11 is 0. The monoisotopic (exact) mass is 358 g/mol. The van der Waals surface area contributed by atoms with E-state index in [-0.39, 0.29) is 24.5 Å². The van der Waals surface area contributed by atoms with Crippen LogP contribution in [0.25, 0.3) is 0 Å². The van der Waals surface area contributed by atoms with Gasteiger partial charge in [-0.1, -0.05) is 40.5 Å². The average molecular weight is 359 g/mol. The first-order chi connectivity index (χ1) is 11.1. The molecule has 1 N–H and O–H groups in total. The maximum atomic E-state index is 9.67. The molecule has 0 bridgehead atoms. The van der Waals surface area contributed by atoms with Crippen LogP contribution in [-0.4, -0.2) is 46.6 Å². The van der Waals surface area contributed by atoms with Gasteiger partial charge in [0.05, 0.1) is 19.3 Å². The van der Waals surface area contributed by atoms with Crippen molar-refractivity contribution in [2.24, 2.45) is 0 Å². The minimum absolute atomic E-state index is 0.0284. The molecule has 5 heteroatoms. The van der Waals surface area contributed by atoms with E-state index in [0.29, 0.717) is 6.61 Å². The van der Waals surface area contributed by atoms with Crippen molar-refractivity contribution in [2.75, 3.05) is 27.1 Å². The number of hydrogen-bond acceptors (Lipinski definition) is 4. The Morgan fingerprint density at radius 3 is 2.33 bits per heavy atom. The molecule has 4 nitrogen and oxygen atoms in total. The van der Waals surface area contributed by atoms with E-state index < -0.39 is 8.32 Å². The lowest BCUT2D eigenvalue weighted by atomic mass is 10.1. The van der Waals surface area contributed by atoms with E-state index in [9.17, 15) is 5.11 Å². The van der Waals surface area contributed by atoms with Crippen molar-refractivity contribution < 1.29 is 19.0 Å². The van der Waals surface area contributed by atoms with Crippen LogP contribution in [0.3, 0.4) is 0 Å². The smallest absolute Gasteiger partial charge is 0.192 e. The van der Waals surface area contributed by atoms with Gasteiger partial charge in [0.15, 0.2) is 8.32 Å². The standard InChI is InChI=1S/C19H38O4Si/c1-9-10-11-18(22-15-21-6)16(2)12-17(13-20)14-23-24(7,8)19(3,4)5/h18,20H,9-11,13-15H2,1-8H3. The molecule has 0 aliphatic carbocycles. The Labute approximate surface area is 150 Å². The van der Waals surface area contributed by atoms with Gasteiger partial charge in [-0.2, -0.15) is 0 Å². The molecule has 0 fully saturated rings. The second-order valence-electron chi connectivity index (χ2n) is 7.82. The molecule has 1 unspecified atom stereocenters. The van der Waals surface area contributed by atoms with Gasteiger partial charge in [-0.15, -0.1) is 5.73 Å². The molecule has 0 spiro atoms. The fourth-order valence-electron chi connectivity index (χ4n) is 1.93. The minimum atomic E-state index is -1.84. The van der Waals surface area contributed by atoms with Crippen molar-refractivity contribution in [1.82, 2.24) is 0 Å². The Bertz CT molecular complexity index is 410. The molecular formula is C19H38O4Si. The van der Waals surface area contributed by atoms with Crippen molar-refractivity contribution >= 4 is 8.32 Å². The molecule has 0 aromatic rings. The number of methoxy groups -OCH3 is 1. The second-order valence-corrected chi connectivity index (χ2v) is 12.6. The predicted molar refractivity (Wildman–Crippen MR) is 103 cm³/mol. The Morgan fingerprint density at radius 1 is 1.25 bits per heavy atom. The average Bonchev–Trinajstić information content (AvgIpc) is 2.50. The van der Waals surface area contributed by atoms with Crippen LogP contribution in [-0.2, 0) is 13.9 Å². The van der Waals surface area contributed by atoms with E-state index in [0.717, 1.165) is 30.4 Å². The van der Waals surface area contributed by atoms with Gasteiger partial charge in [-0.05, 0) is 37.0 Å². The molecule has 0 amide bonds. The van der Waals surface area contributed by atoms with Gasteiger partial charge in [0.1, 0.15) is 6.79 Å². The summed E-state index contributed by atoms with van der Waals surface area (Å²) in [4.78, 5) is 0. The van der Waals surface area contributed by atoms with Crippen LogP contribution < -0.4 is 0 Å². The van der Waals surface area contributed by atoms with Gasteiger partial charge in [-0.3, -0.25) is 0 Å². The third-order valence-corrected chi connectivity index (χ3v) is 9.15. The fraction of sp³-hybridized carbons (Fsp3) is 0.842. The molecule has 0 saturated heterocycles. The molecule has 0 saturated carbocycles. The molecule has 0 aromatic heterocycles. The first kappa shape index (κ1) is 23.6. The minimum Gasteiger partial charge on any atom is -0.412 e. The van der Waals surface area contributed by atoms with E-state index in [1.165, 1.54) is 0 Å². The van der Waals surface area contributed by atoms with E-state index >= 15 is 0 Å². The highest BCUT2D eigenvalue weighted by atomic mass is 28.4. The molecule has 142 valence electrons. The van der Waals surface area contributed by atoms with Gasteiger partial charge < -0.3 is 19.0 Å².